The second-order valence-corrected chi connectivity index (χ2v) is 6.30. The van der Waals surface area contributed by atoms with Crippen LogP contribution in [0.25, 0.3) is 5.57 Å². The van der Waals surface area contributed by atoms with Crippen molar-refractivity contribution in [3.63, 3.8) is 0 Å². The molecule has 0 radical (unpaired) electrons. The molecule has 0 fully saturated rings. The first-order valence-corrected chi connectivity index (χ1v) is 8.60. The Kier molecular flexibility index (Phi) is 5.37. The number of aryl methyl sites for hydroxylation is 1. The van der Waals surface area contributed by atoms with Crippen molar-refractivity contribution in [1.29, 1.82) is 0 Å². The van der Waals surface area contributed by atoms with Crippen molar-refractivity contribution >= 4 is 23.1 Å². The molecule has 1 heterocycles. The van der Waals surface area contributed by atoms with Gasteiger partial charge in [0.1, 0.15) is 0 Å². The van der Waals surface area contributed by atoms with Crippen molar-refractivity contribution < 1.29 is 14.3 Å². The first kappa shape index (κ1) is 17.7. The number of nitrogens with two attached hydrogens (primary N) is 1. The Hall–Kier alpha value is -3.08. The lowest BCUT2D eigenvalue weighted by Crippen LogP contribution is -2.37. The van der Waals surface area contributed by atoms with Gasteiger partial charge in [-0.05, 0) is 36.1 Å². The van der Waals surface area contributed by atoms with Gasteiger partial charge in [-0.1, -0.05) is 48.5 Å². The van der Waals surface area contributed by atoms with Crippen molar-refractivity contribution in [2.75, 3.05) is 25.4 Å². The van der Waals surface area contributed by atoms with E-state index in [1.165, 1.54) is 11.1 Å². The summed E-state index contributed by atoms with van der Waals surface area (Å²) in [5.41, 5.74) is 9.80. The molecule has 0 saturated heterocycles. The maximum absolute atomic E-state index is 12.3. The first-order valence-electron chi connectivity index (χ1n) is 8.60. The van der Waals surface area contributed by atoms with Gasteiger partial charge in [0.2, 0.25) is 0 Å². The summed E-state index contributed by atoms with van der Waals surface area (Å²) in [6, 6.07) is 15.3. The van der Waals surface area contributed by atoms with Crippen LogP contribution < -0.4 is 5.73 Å². The molecule has 0 bridgehead atoms. The molecule has 1 amide bonds. The van der Waals surface area contributed by atoms with E-state index in [-0.39, 0.29) is 12.5 Å². The summed E-state index contributed by atoms with van der Waals surface area (Å²) in [5, 5.41) is 0. The molecule has 2 N–H and O–H groups in total. The Labute approximate surface area is 153 Å². The standard InChI is InChI=1S/C21H22N2O3/c1-15-6-5-9-18(20(15)22)21(25)26-14-19(24)23-12-10-17(11-13-23)16-7-3-2-4-8-16/h2-10H,11-14,22H2,1H3. The lowest BCUT2D eigenvalue weighted by Gasteiger charge is -2.26. The molecule has 1 aliphatic heterocycles. The molecule has 2 aromatic rings. The molecule has 5 heteroatoms. The largest absolute Gasteiger partial charge is 0.452 e. The van der Waals surface area contributed by atoms with E-state index in [9.17, 15) is 9.59 Å². The number of ether oxygens (including phenoxy) is 1. The van der Waals surface area contributed by atoms with E-state index in [1.54, 1.807) is 17.0 Å². The fourth-order valence-electron chi connectivity index (χ4n) is 2.97. The highest BCUT2D eigenvalue weighted by molar-refractivity contribution is 5.96. The Bertz CT molecular complexity index is 844. The highest BCUT2D eigenvalue weighted by Gasteiger charge is 2.20. The summed E-state index contributed by atoms with van der Waals surface area (Å²) < 4.78 is 5.16. The van der Waals surface area contributed by atoms with Gasteiger partial charge in [-0.2, -0.15) is 0 Å². The highest BCUT2D eigenvalue weighted by atomic mass is 16.5. The van der Waals surface area contributed by atoms with E-state index in [4.69, 9.17) is 10.5 Å². The predicted molar refractivity (Wildman–Crippen MR) is 101 cm³/mol. The Morgan fingerprint density at radius 2 is 1.88 bits per heavy atom. The summed E-state index contributed by atoms with van der Waals surface area (Å²) in [4.78, 5) is 26.2. The van der Waals surface area contributed by atoms with E-state index >= 15 is 0 Å². The molecular weight excluding hydrogens is 328 g/mol. The Morgan fingerprint density at radius 3 is 2.58 bits per heavy atom. The van der Waals surface area contributed by atoms with Gasteiger partial charge in [-0.25, -0.2) is 4.79 Å². The zero-order chi connectivity index (χ0) is 18.5. The summed E-state index contributed by atoms with van der Waals surface area (Å²) in [5.74, 6) is -0.773. The molecule has 0 saturated carbocycles. The number of benzene rings is 2. The van der Waals surface area contributed by atoms with Gasteiger partial charge in [0.15, 0.2) is 6.61 Å². The minimum Gasteiger partial charge on any atom is -0.452 e. The number of esters is 1. The zero-order valence-electron chi connectivity index (χ0n) is 14.8. The Balaban J connectivity index is 1.55. The number of nitrogens with zero attached hydrogens (tertiary/aromatic N) is 1. The van der Waals surface area contributed by atoms with Gasteiger partial charge in [0.25, 0.3) is 5.91 Å². The number of anilines is 1. The van der Waals surface area contributed by atoms with Crippen molar-refractivity contribution in [1.82, 2.24) is 4.90 Å². The second-order valence-electron chi connectivity index (χ2n) is 6.30. The SMILES string of the molecule is Cc1cccc(C(=O)OCC(=O)N2CC=C(c3ccccc3)CC2)c1N. The van der Waals surface area contributed by atoms with Crippen LogP contribution in [0.1, 0.15) is 27.9 Å². The van der Waals surface area contributed by atoms with Gasteiger partial charge in [0.05, 0.1) is 5.56 Å². The molecule has 5 nitrogen and oxygen atoms in total. The smallest absolute Gasteiger partial charge is 0.340 e. The third kappa shape index (κ3) is 3.94. The first-order chi connectivity index (χ1) is 12.6. The van der Waals surface area contributed by atoms with Crippen LogP contribution in [0, 0.1) is 6.92 Å². The molecule has 0 unspecified atom stereocenters. The minimum absolute atomic E-state index is 0.201. The lowest BCUT2D eigenvalue weighted by molar-refractivity contribution is -0.134. The molecule has 134 valence electrons. The number of carbonyl (C=O) groups excluding carboxylic acids is 2. The van der Waals surface area contributed by atoms with Crippen molar-refractivity contribution in [3.05, 3.63) is 71.3 Å². The third-order valence-electron chi connectivity index (χ3n) is 4.58. The normalized spacial score (nSPS) is 13.9. The molecule has 1 aliphatic rings. The average Bonchev–Trinajstić information content (AvgIpc) is 2.69. The van der Waals surface area contributed by atoms with E-state index in [2.05, 4.69) is 18.2 Å². The van der Waals surface area contributed by atoms with Crippen LogP contribution in [0.5, 0.6) is 0 Å². The molecule has 26 heavy (non-hydrogen) atoms. The zero-order valence-corrected chi connectivity index (χ0v) is 14.8. The topological polar surface area (TPSA) is 72.6 Å². The minimum atomic E-state index is -0.572. The number of carbonyl (C=O) groups is 2. The summed E-state index contributed by atoms with van der Waals surface area (Å²) in [6.07, 6.45) is 2.84. The maximum Gasteiger partial charge on any atom is 0.340 e. The second kappa shape index (κ2) is 7.87. The van der Waals surface area contributed by atoms with Crippen LogP contribution in [0.15, 0.2) is 54.6 Å². The quantitative estimate of drug-likeness (QED) is 0.679. The van der Waals surface area contributed by atoms with Gasteiger partial charge in [-0.15, -0.1) is 0 Å². The monoisotopic (exact) mass is 350 g/mol. The third-order valence-corrected chi connectivity index (χ3v) is 4.58. The van der Waals surface area contributed by atoms with Crippen LogP contribution in [0.3, 0.4) is 0 Å². The summed E-state index contributed by atoms with van der Waals surface area (Å²) >= 11 is 0. The lowest BCUT2D eigenvalue weighted by atomic mass is 10.00. The number of nitrogen functional groups attached to an aromatic ring is 1. The molecule has 3 rings (SSSR count). The van der Waals surface area contributed by atoms with Crippen molar-refractivity contribution in [2.24, 2.45) is 0 Å². The summed E-state index contributed by atoms with van der Waals surface area (Å²) in [7, 11) is 0. The number of amides is 1. The van der Waals surface area contributed by atoms with E-state index in [1.807, 2.05) is 31.2 Å². The number of hydrogen-bond donors (Lipinski definition) is 1. The number of para-hydroxylation sites is 1. The molecular formula is C21H22N2O3. The van der Waals surface area contributed by atoms with Gasteiger partial charge >= 0.3 is 5.97 Å². The van der Waals surface area contributed by atoms with Crippen LogP contribution in [-0.2, 0) is 9.53 Å². The molecule has 2 aromatic carbocycles. The molecule has 0 atom stereocenters. The average molecular weight is 350 g/mol. The number of hydrogen-bond acceptors (Lipinski definition) is 4. The fourth-order valence-corrected chi connectivity index (χ4v) is 2.97. The van der Waals surface area contributed by atoms with E-state index in [0.717, 1.165) is 12.0 Å². The van der Waals surface area contributed by atoms with Crippen LogP contribution in [0.2, 0.25) is 0 Å². The number of rotatable bonds is 4. The van der Waals surface area contributed by atoms with Gasteiger partial charge in [0, 0.05) is 18.8 Å². The van der Waals surface area contributed by atoms with Crippen molar-refractivity contribution in [2.45, 2.75) is 13.3 Å². The molecule has 0 aromatic heterocycles. The van der Waals surface area contributed by atoms with Crippen LogP contribution >= 0.6 is 0 Å². The Morgan fingerprint density at radius 1 is 1.12 bits per heavy atom. The van der Waals surface area contributed by atoms with Gasteiger partial charge < -0.3 is 15.4 Å². The maximum atomic E-state index is 12.3. The van der Waals surface area contributed by atoms with Crippen LogP contribution in [-0.4, -0.2) is 36.5 Å². The van der Waals surface area contributed by atoms with E-state index < -0.39 is 5.97 Å². The molecule has 0 spiro atoms. The van der Waals surface area contributed by atoms with Gasteiger partial charge in [-0.3, -0.25) is 4.79 Å². The fraction of sp³-hybridized carbons (Fsp3) is 0.238. The predicted octanol–water partition coefficient (Wildman–Crippen LogP) is 3.05. The van der Waals surface area contributed by atoms with Crippen molar-refractivity contribution in [3.8, 4) is 0 Å². The van der Waals surface area contributed by atoms with E-state index in [0.29, 0.717) is 24.3 Å². The molecule has 0 aliphatic carbocycles. The highest BCUT2D eigenvalue weighted by Crippen LogP contribution is 2.22. The summed E-state index contributed by atoms with van der Waals surface area (Å²) in [6.45, 7) is 2.68. The van der Waals surface area contributed by atoms with Crippen LogP contribution in [0.4, 0.5) is 5.69 Å².